The first kappa shape index (κ1) is 24.1. The highest BCUT2D eigenvalue weighted by Crippen LogP contribution is 2.39. The topological polar surface area (TPSA) is 92.5 Å². The number of hydrogen-bond acceptors (Lipinski definition) is 8. The van der Waals surface area contributed by atoms with Gasteiger partial charge in [0.25, 0.3) is 0 Å². The maximum atomic E-state index is 13.5. The lowest BCUT2D eigenvalue weighted by molar-refractivity contribution is -0.140. The number of halogens is 3. The second kappa shape index (κ2) is 8.88. The van der Waals surface area contributed by atoms with Gasteiger partial charge in [0.2, 0.25) is 5.71 Å². The van der Waals surface area contributed by atoms with Gasteiger partial charge in [-0.15, -0.1) is 0 Å². The summed E-state index contributed by atoms with van der Waals surface area (Å²) in [6.07, 6.45) is -1.30. The van der Waals surface area contributed by atoms with Gasteiger partial charge < -0.3 is 23.8 Å². The third kappa shape index (κ3) is 3.93. The van der Waals surface area contributed by atoms with Crippen LogP contribution in [0.1, 0.15) is 17.7 Å². The molecular formula is C28H25F3N6O3. The van der Waals surface area contributed by atoms with Gasteiger partial charge in [0, 0.05) is 54.9 Å². The highest BCUT2D eigenvalue weighted by Gasteiger charge is 2.39. The van der Waals surface area contributed by atoms with Crippen LogP contribution in [0.3, 0.4) is 0 Å². The third-order valence-electron chi connectivity index (χ3n) is 8.13. The Kier molecular flexibility index (Phi) is 5.35. The van der Waals surface area contributed by atoms with E-state index < -0.39 is 11.9 Å². The summed E-state index contributed by atoms with van der Waals surface area (Å²) in [5.74, 6) is 0.912. The number of likely N-dealkylation sites (tertiary alicyclic amines) is 1. The summed E-state index contributed by atoms with van der Waals surface area (Å²) in [6, 6.07) is 8.67. The molecule has 0 spiro atoms. The van der Waals surface area contributed by atoms with E-state index in [0.29, 0.717) is 83.4 Å². The maximum absolute atomic E-state index is 13.5. The summed E-state index contributed by atoms with van der Waals surface area (Å²) in [7, 11) is 0. The van der Waals surface area contributed by atoms with Crippen LogP contribution in [0.25, 0.3) is 44.5 Å². The largest absolute Gasteiger partial charge is 0.432 e. The average molecular weight is 551 g/mol. The molecule has 40 heavy (non-hydrogen) atoms. The van der Waals surface area contributed by atoms with Gasteiger partial charge in [-0.3, -0.25) is 4.90 Å². The standard InChI is InChI=1S/C28H25F3N6O3/c29-28(30,31)22-10-19-18(2-1-3-21(19)33-22)25-34-23-20-8-15(12-37-13-17-9-16(37)14-39-17)11-32-27(20)40-24(23)26(35-25)36-4-6-38-7-5-36/h1-3,8,10-11,16-17,33H,4-7,9,12-14H2/t16-,17?/m0/s1. The molecule has 206 valence electrons. The monoisotopic (exact) mass is 550 g/mol. The Morgan fingerprint density at radius 3 is 2.73 bits per heavy atom. The minimum atomic E-state index is -4.50. The minimum absolute atomic E-state index is 0.303. The predicted octanol–water partition coefficient (Wildman–Crippen LogP) is 4.75. The molecule has 3 aliphatic heterocycles. The van der Waals surface area contributed by atoms with Crippen molar-refractivity contribution in [3.63, 3.8) is 0 Å². The van der Waals surface area contributed by atoms with E-state index in [0.717, 1.165) is 43.1 Å². The van der Waals surface area contributed by atoms with E-state index in [1.807, 2.05) is 6.20 Å². The number of aromatic amines is 1. The van der Waals surface area contributed by atoms with E-state index >= 15 is 0 Å². The molecule has 1 unspecified atom stereocenters. The molecule has 12 heteroatoms. The van der Waals surface area contributed by atoms with Crippen molar-refractivity contribution in [1.29, 1.82) is 0 Å². The van der Waals surface area contributed by atoms with E-state index in [4.69, 9.17) is 23.9 Å². The number of ether oxygens (including phenoxy) is 2. The second-order valence-corrected chi connectivity index (χ2v) is 10.7. The van der Waals surface area contributed by atoms with E-state index in [9.17, 15) is 13.2 Å². The third-order valence-corrected chi connectivity index (χ3v) is 8.13. The summed E-state index contributed by atoms with van der Waals surface area (Å²) in [5, 5.41) is 1.16. The van der Waals surface area contributed by atoms with Crippen LogP contribution >= 0.6 is 0 Å². The molecule has 0 aliphatic carbocycles. The Bertz CT molecular complexity index is 1760. The first-order chi connectivity index (χ1) is 19.4. The molecule has 0 amide bonds. The fraction of sp³-hybridized carbons (Fsp3) is 0.393. The fourth-order valence-electron chi connectivity index (χ4n) is 6.16. The van der Waals surface area contributed by atoms with Gasteiger partial charge in [0.15, 0.2) is 17.2 Å². The number of nitrogens with zero attached hydrogens (tertiary/aromatic N) is 5. The fourth-order valence-corrected chi connectivity index (χ4v) is 6.16. The smallest absolute Gasteiger partial charge is 0.431 e. The van der Waals surface area contributed by atoms with Crippen LogP contribution in [0, 0.1) is 0 Å². The molecule has 5 aromatic rings. The molecule has 0 radical (unpaired) electrons. The Balaban J connectivity index is 1.29. The number of furan rings is 1. The molecule has 2 bridgehead atoms. The second-order valence-electron chi connectivity index (χ2n) is 10.7. The van der Waals surface area contributed by atoms with Crippen molar-refractivity contribution in [2.45, 2.75) is 31.3 Å². The number of alkyl halides is 3. The molecular weight excluding hydrogens is 525 g/mol. The van der Waals surface area contributed by atoms with Crippen molar-refractivity contribution in [3.05, 3.63) is 47.8 Å². The molecule has 2 atom stereocenters. The zero-order valence-corrected chi connectivity index (χ0v) is 21.4. The van der Waals surface area contributed by atoms with Gasteiger partial charge in [0.05, 0.1) is 31.3 Å². The highest BCUT2D eigenvalue weighted by molar-refractivity contribution is 6.06. The number of pyridine rings is 1. The molecule has 7 heterocycles. The van der Waals surface area contributed by atoms with Crippen LogP contribution in [0.15, 0.2) is 40.9 Å². The molecule has 8 rings (SSSR count). The molecule has 3 aliphatic rings. The SMILES string of the molecule is FC(F)(F)c1cc2c(-c3nc(N4CCOCC4)c4oc5ncc(CN6CC7C[C@H]6CO7)cc5c4n3)cccc2[nH]1. The number of nitrogens with one attached hydrogen (secondary N) is 1. The number of hydrogen-bond donors (Lipinski definition) is 1. The van der Waals surface area contributed by atoms with Crippen LogP contribution in [0.4, 0.5) is 19.0 Å². The highest BCUT2D eigenvalue weighted by atomic mass is 19.4. The maximum Gasteiger partial charge on any atom is 0.431 e. The number of morpholine rings is 2. The lowest BCUT2D eigenvalue weighted by atomic mass is 10.1. The average Bonchev–Trinajstić information content (AvgIpc) is 3.75. The molecule has 1 N–H and O–H groups in total. The number of anilines is 1. The summed E-state index contributed by atoms with van der Waals surface area (Å²) < 4.78 is 58.1. The van der Waals surface area contributed by atoms with Crippen molar-refractivity contribution in [2.24, 2.45) is 0 Å². The van der Waals surface area contributed by atoms with Crippen LogP contribution < -0.4 is 4.90 Å². The van der Waals surface area contributed by atoms with E-state index in [1.165, 1.54) is 0 Å². The molecule has 3 saturated heterocycles. The summed E-state index contributed by atoms with van der Waals surface area (Å²) in [4.78, 5) is 21.4. The van der Waals surface area contributed by atoms with Gasteiger partial charge in [-0.1, -0.05) is 12.1 Å². The van der Waals surface area contributed by atoms with Crippen LogP contribution in [-0.4, -0.2) is 76.4 Å². The Morgan fingerprint density at radius 2 is 1.95 bits per heavy atom. The quantitative estimate of drug-likeness (QED) is 0.343. The van der Waals surface area contributed by atoms with E-state index in [-0.39, 0.29) is 0 Å². The molecule has 4 aromatic heterocycles. The number of benzene rings is 1. The zero-order chi connectivity index (χ0) is 27.0. The number of H-pyrrole nitrogens is 1. The first-order valence-electron chi connectivity index (χ1n) is 13.4. The Labute approximate surface area is 225 Å². The normalized spacial score (nSPS) is 21.9. The van der Waals surface area contributed by atoms with Crippen molar-refractivity contribution in [2.75, 3.05) is 44.4 Å². The number of aromatic nitrogens is 4. The van der Waals surface area contributed by atoms with Crippen molar-refractivity contribution < 1.29 is 27.1 Å². The van der Waals surface area contributed by atoms with Crippen molar-refractivity contribution >= 4 is 38.9 Å². The molecule has 0 saturated carbocycles. The molecule has 9 nitrogen and oxygen atoms in total. The molecule has 3 fully saturated rings. The van der Waals surface area contributed by atoms with Crippen molar-refractivity contribution in [1.82, 2.24) is 24.8 Å². The first-order valence-corrected chi connectivity index (χ1v) is 13.4. The van der Waals surface area contributed by atoms with Crippen molar-refractivity contribution in [3.8, 4) is 11.4 Å². The number of fused-ring (bicyclic) bond motifs is 6. The van der Waals surface area contributed by atoms with Crippen LogP contribution in [0.5, 0.6) is 0 Å². The Hall–Kier alpha value is -3.74. The minimum Gasteiger partial charge on any atom is -0.432 e. The lowest BCUT2D eigenvalue weighted by Gasteiger charge is -2.27. The van der Waals surface area contributed by atoms with E-state index in [1.54, 1.807) is 18.2 Å². The van der Waals surface area contributed by atoms with Gasteiger partial charge in [-0.05, 0) is 30.2 Å². The summed E-state index contributed by atoms with van der Waals surface area (Å²) in [5.41, 5.74) is 2.65. The summed E-state index contributed by atoms with van der Waals surface area (Å²) in [6.45, 7) is 4.69. The molecule has 1 aromatic carbocycles. The Morgan fingerprint density at radius 1 is 1.07 bits per heavy atom. The van der Waals surface area contributed by atoms with Gasteiger partial charge in [0.1, 0.15) is 11.2 Å². The summed E-state index contributed by atoms with van der Waals surface area (Å²) >= 11 is 0. The van der Waals surface area contributed by atoms with Gasteiger partial charge >= 0.3 is 6.18 Å². The van der Waals surface area contributed by atoms with Gasteiger partial charge in [-0.2, -0.15) is 13.2 Å². The number of rotatable bonds is 4. The zero-order valence-electron chi connectivity index (χ0n) is 21.4. The van der Waals surface area contributed by atoms with Crippen LogP contribution in [0.2, 0.25) is 0 Å². The van der Waals surface area contributed by atoms with Crippen LogP contribution in [-0.2, 0) is 22.2 Å². The lowest BCUT2D eigenvalue weighted by Crippen LogP contribution is -2.37. The van der Waals surface area contributed by atoms with E-state index in [2.05, 4.69) is 25.8 Å². The predicted molar refractivity (Wildman–Crippen MR) is 141 cm³/mol. The van der Waals surface area contributed by atoms with Gasteiger partial charge in [-0.25, -0.2) is 15.0 Å².